The Morgan fingerprint density at radius 3 is 2.50 bits per heavy atom. The summed E-state index contributed by atoms with van der Waals surface area (Å²) in [4.78, 5) is 0. The van der Waals surface area contributed by atoms with Gasteiger partial charge in [-0.1, -0.05) is 38.5 Å². The molecule has 3 N–H and O–H groups in total. The van der Waals surface area contributed by atoms with Crippen molar-refractivity contribution in [3.05, 3.63) is 29.3 Å². The molecule has 1 aromatic rings. The third-order valence-corrected chi connectivity index (χ3v) is 4.00. The molecule has 1 aliphatic rings. The van der Waals surface area contributed by atoms with Crippen molar-refractivity contribution in [3.63, 3.8) is 0 Å². The van der Waals surface area contributed by atoms with Gasteiger partial charge in [0.25, 0.3) is 0 Å². The highest BCUT2D eigenvalue weighted by atomic mass is 16.5. The van der Waals surface area contributed by atoms with Crippen molar-refractivity contribution in [3.8, 4) is 5.75 Å². The lowest BCUT2D eigenvalue weighted by Crippen LogP contribution is -2.23. The fourth-order valence-corrected chi connectivity index (χ4v) is 2.54. The van der Waals surface area contributed by atoms with E-state index >= 15 is 0 Å². The van der Waals surface area contributed by atoms with Crippen molar-refractivity contribution in [1.82, 2.24) is 0 Å². The number of benzene rings is 1. The van der Waals surface area contributed by atoms with Gasteiger partial charge in [-0.15, -0.1) is 0 Å². The van der Waals surface area contributed by atoms with E-state index in [9.17, 15) is 0 Å². The second-order valence-electron chi connectivity index (χ2n) is 7.24. The van der Waals surface area contributed by atoms with E-state index in [-0.39, 0.29) is 16.7 Å². The van der Waals surface area contributed by atoms with Crippen LogP contribution in [0.25, 0.3) is 0 Å². The van der Waals surface area contributed by atoms with E-state index in [2.05, 4.69) is 45.9 Å². The molecule has 0 atom stereocenters. The van der Waals surface area contributed by atoms with Crippen LogP contribution in [0, 0.1) is 17.7 Å². The molecule has 20 heavy (non-hydrogen) atoms. The van der Waals surface area contributed by atoms with Crippen LogP contribution in [0.3, 0.4) is 0 Å². The summed E-state index contributed by atoms with van der Waals surface area (Å²) < 4.78 is 6.09. The monoisotopic (exact) mass is 274 g/mol. The average molecular weight is 274 g/mol. The van der Waals surface area contributed by atoms with E-state index in [0.717, 1.165) is 18.6 Å². The molecule has 0 spiro atoms. The molecule has 1 aliphatic carbocycles. The van der Waals surface area contributed by atoms with Crippen molar-refractivity contribution in [2.24, 2.45) is 11.1 Å². The first-order valence-electron chi connectivity index (χ1n) is 7.29. The number of hydrogen-bond acceptors (Lipinski definition) is 2. The molecule has 110 valence electrons. The van der Waals surface area contributed by atoms with Crippen LogP contribution in [0.5, 0.6) is 5.75 Å². The molecule has 3 heteroatoms. The maximum Gasteiger partial charge on any atom is 0.123 e. The molecule has 0 bridgehead atoms. The van der Waals surface area contributed by atoms with Gasteiger partial charge in [-0.05, 0) is 36.8 Å². The summed E-state index contributed by atoms with van der Waals surface area (Å²) in [5.74, 6) is 1.24. The van der Waals surface area contributed by atoms with Crippen LogP contribution in [0.4, 0.5) is 0 Å². The lowest BCUT2D eigenvalue weighted by Gasteiger charge is -2.25. The Balaban J connectivity index is 2.12. The SMILES string of the molecule is Cc1ccc(OCC2(CC(=N)N)CC2)c(C(C)(C)C)c1. The smallest absolute Gasteiger partial charge is 0.123 e. The molecule has 3 nitrogen and oxygen atoms in total. The zero-order chi connectivity index (χ0) is 15.0. The van der Waals surface area contributed by atoms with E-state index in [1.165, 1.54) is 11.1 Å². The van der Waals surface area contributed by atoms with Gasteiger partial charge in [0.15, 0.2) is 0 Å². The summed E-state index contributed by atoms with van der Waals surface area (Å²) in [7, 11) is 0. The largest absolute Gasteiger partial charge is 0.493 e. The van der Waals surface area contributed by atoms with Crippen molar-refractivity contribution in [2.75, 3.05) is 6.61 Å². The molecule has 1 saturated carbocycles. The molecule has 1 fully saturated rings. The fourth-order valence-electron chi connectivity index (χ4n) is 2.54. The highest BCUT2D eigenvalue weighted by molar-refractivity contribution is 5.78. The minimum absolute atomic E-state index is 0.0681. The van der Waals surface area contributed by atoms with Gasteiger partial charge in [-0.25, -0.2) is 0 Å². The van der Waals surface area contributed by atoms with Gasteiger partial charge in [0.1, 0.15) is 5.75 Å². The predicted molar refractivity (Wildman–Crippen MR) is 83.6 cm³/mol. The summed E-state index contributed by atoms with van der Waals surface area (Å²) >= 11 is 0. The Morgan fingerprint density at radius 1 is 1.35 bits per heavy atom. The molecule has 0 aliphatic heterocycles. The van der Waals surface area contributed by atoms with E-state index in [1.54, 1.807) is 0 Å². The normalized spacial score (nSPS) is 16.8. The third-order valence-electron chi connectivity index (χ3n) is 4.00. The summed E-state index contributed by atoms with van der Waals surface area (Å²) in [6, 6.07) is 6.37. The minimum atomic E-state index is 0.0681. The van der Waals surface area contributed by atoms with E-state index < -0.39 is 0 Å². The molecule has 0 amide bonds. The molecule has 1 aromatic carbocycles. The third kappa shape index (κ3) is 3.53. The molecule has 2 rings (SSSR count). The first-order valence-corrected chi connectivity index (χ1v) is 7.29. The second kappa shape index (κ2) is 5.12. The number of aryl methyl sites for hydroxylation is 1. The van der Waals surface area contributed by atoms with Crippen LogP contribution in [0.15, 0.2) is 18.2 Å². The van der Waals surface area contributed by atoms with Crippen LogP contribution >= 0.6 is 0 Å². The van der Waals surface area contributed by atoms with Gasteiger partial charge in [0.05, 0.1) is 12.4 Å². The molecule has 0 unspecified atom stereocenters. The van der Waals surface area contributed by atoms with Crippen molar-refractivity contribution in [1.29, 1.82) is 5.41 Å². The first kappa shape index (κ1) is 14.9. The lowest BCUT2D eigenvalue weighted by atomic mass is 9.85. The Morgan fingerprint density at radius 2 is 2.00 bits per heavy atom. The maximum absolute atomic E-state index is 7.46. The van der Waals surface area contributed by atoms with Gasteiger partial charge in [0, 0.05) is 11.8 Å². The number of rotatable bonds is 5. The summed E-state index contributed by atoms with van der Waals surface area (Å²) in [5.41, 5.74) is 8.22. The zero-order valence-electron chi connectivity index (χ0n) is 13.0. The molecular formula is C17H26N2O. The Kier molecular flexibility index (Phi) is 3.81. The van der Waals surface area contributed by atoms with E-state index in [1.807, 2.05) is 0 Å². The lowest BCUT2D eigenvalue weighted by molar-refractivity contribution is 0.233. The molecule has 0 radical (unpaired) electrons. The van der Waals surface area contributed by atoms with Crippen molar-refractivity contribution < 1.29 is 4.74 Å². The first-order chi connectivity index (χ1) is 9.22. The van der Waals surface area contributed by atoms with Crippen LogP contribution in [0.1, 0.15) is 51.2 Å². The highest BCUT2D eigenvalue weighted by Gasteiger charge is 2.44. The summed E-state index contributed by atoms with van der Waals surface area (Å²) in [6.07, 6.45) is 2.89. The van der Waals surface area contributed by atoms with Gasteiger partial charge >= 0.3 is 0 Å². The number of nitrogens with one attached hydrogen (secondary N) is 1. The quantitative estimate of drug-likeness (QED) is 0.634. The topological polar surface area (TPSA) is 59.1 Å². The highest BCUT2D eigenvalue weighted by Crippen LogP contribution is 2.49. The summed E-state index contributed by atoms with van der Waals surface area (Å²) in [5, 5.41) is 7.46. The van der Waals surface area contributed by atoms with E-state index in [4.69, 9.17) is 15.9 Å². The van der Waals surface area contributed by atoms with Gasteiger partial charge in [-0.3, -0.25) is 5.41 Å². The fraction of sp³-hybridized carbons (Fsp3) is 0.588. The second-order valence-corrected chi connectivity index (χ2v) is 7.24. The number of hydrogen-bond donors (Lipinski definition) is 2. The number of ether oxygens (including phenoxy) is 1. The van der Waals surface area contributed by atoms with E-state index in [0.29, 0.717) is 13.0 Å². The molecule has 0 saturated heterocycles. The van der Waals surface area contributed by atoms with Crippen LogP contribution < -0.4 is 10.5 Å². The molecular weight excluding hydrogens is 248 g/mol. The van der Waals surface area contributed by atoms with Gasteiger partial charge < -0.3 is 10.5 Å². The Labute approximate surface area is 122 Å². The van der Waals surface area contributed by atoms with Crippen LogP contribution in [-0.2, 0) is 5.41 Å². The number of amidine groups is 1. The predicted octanol–water partition coefficient (Wildman–Crippen LogP) is 3.78. The van der Waals surface area contributed by atoms with Crippen molar-refractivity contribution >= 4 is 5.84 Å². The molecule has 0 aromatic heterocycles. The molecule has 0 heterocycles. The summed E-state index contributed by atoms with van der Waals surface area (Å²) in [6.45, 7) is 9.39. The van der Waals surface area contributed by atoms with Crippen molar-refractivity contribution in [2.45, 2.75) is 52.4 Å². The zero-order valence-corrected chi connectivity index (χ0v) is 13.0. The maximum atomic E-state index is 7.46. The van der Waals surface area contributed by atoms with Crippen LogP contribution in [0.2, 0.25) is 0 Å². The standard InChI is InChI=1S/C17H26N2O/c1-12-5-6-14(13(9-12)16(2,3)4)20-11-17(7-8-17)10-15(18)19/h5-6,9H,7-8,10-11H2,1-4H3,(H3,18,19). The average Bonchev–Trinajstić information content (AvgIpc) is 3.05. The van der Waals surface area contributed by atoms with Gasteiger partial charge in [0.2, 0.25) is 0 Å². The Bertz CT molecular complexity index is 510. The van der Waals surface area contributed by atoms with Crippen LogP contribution in [-0.4, -0.2) is 12.4 Å². The number of nitrogens with two attached hydrogens (primary N) is 1. The van der Waals surface area contributed by atoms with Gasteiger partial charge in [-0.2, -0.15) is 0 Å². The Hall–Kier alpha value is -1.51. The minimum Gasteiger partial charge on any atom is -0.493 e.